The van der Waals surface area contributed by atoms with E-state index in [1.165, 1.54) is 25.0 Å². The Morgan fingerprint density at radius 2 is 2.00 bits per heavy atom. The van der Waals surface area contributed by atoms with Crippen LogP contribution in [0.4, 0.5) is 10.1 Å². The third-order valence-corrected chi connectivity index (χ3v) is 5.31. The fourth-order valence-electron chi connectivity index (χ4n) is 3.59. The van der Waals surface area contributed by atoms with E-state index in [2.05, 4.69) is 25.5 Å². The number of hydrogen-bond acceptors (Lipinski definition) is 3. The average Bonchev–Trinajstić information content (AvgIpc) is 3.37. The van der Waals surface area contributed by atoms with Crippen LogP contribution in [0.25, 0.3) is 22.3 Å². The summed E-state index contributed by atoms with van der Waals surface area (Å²) in [6, 6.07) is 12.0. The zero-order valence-corrected chi connectivity index (χ0v) is 15.9. The van der Waals surface area contributed by atoms with Gasteiger partial charge in [-0.15, -0.1) is 0 Å². The van der Waals surface area contributed by atoms with Gasteiger partial charge in [-0.05, 0) is 67.8 Å². The van der Waals surface area contributed by atoms with E-state index in [4.69, 9.17) is 0 Å². The molecule has 0 unspecified atom stereocenters. The first-order chi connectivity index (χ1) is 14.1. The largest absolute Gasteiger partial charge is 0.358 e. The van der Waals surface area contributed by atoms with Gasteiger partial charge >= 0.3 is 0 Å². The summed E-state index contributed by atoms with van der Waals surface area (Å²) in [7, 11) is 0. The van der Waals surface area contributed by atoms with Gasteiger partial charge in [-0.3, -0.25) is 9.89 Å². The monoisotopic (exact) mass is 389 g/mol. The first kappa shape index (κ1) is 17.6. The number of benzene rings is 2. The summed E-state index contributed by atoms with van der Waals surface area (Å²) in [5.41, 5.74) is 4.09. The summed E-state index contributed by atoms with van der Waals surface area (Å²) in [5.74, 6) is 1.67. The topological polar surface area (TPSA) is 86.5 Å². The molecule has 5 rings (SSSR count). The molecule has 1 fully saturated rings. The van der Waals surface area contributed by atoms with Crippen molar-refractivity contribution in [1.82, 2.24) is 20.2 Å². The van der Waals surface area contributed by atoms with Crippen LogP contribution in [-0.2, 0) is 11.2 Å². The fraction of sp³-hybridized carbons (Fsp3) is 0.227. The van der Waals surface area contributed by atoms with Crippen LogP contribution in [0.15, 0.2) is 42.5 Å². The SMILES string of the molecule is Cc1[nH]c2ccc(F)cc2c1CC(=O)Nc1ccc(-c2n[nH]c(C3CC3)n2)cc1. The third-order valence-electron chi connectivity index (χ3n) is 5.31. The molecule has 0 radical (unpaired) electrons. The minimum atomic E-state index is -0.314. The molecule has 2 aromatic carbocycles. The highest BCUT2D eigenvalue weighted by Gasteiger charge is 2.27. The van der Waals surface area contributed by atoms with E-state index in [0.717, 1.165) is 33.5 Å². The van der Waals surface area contributed by atoms with Crippen molar-refractivity contribution in [3.05, 3.63) is 65.4 Å². The zero-order chi connectivity index (χ0) is 20.0. The number of rotatable bonds is 5. The van der Waals surface area contributed by atoms with Crippen LogP contribution in [-0.4, -0.2) is 26.1 Å². The van der Waals surface area contributed by atoms with Gasteiger partial charge in [-0.25, -0.2) is 9.37 Å². The lowest BCUT2D eigenvalue weighted by atomic mass is 10.1. The number of nitrogens with zero attached hydrogens (tertiary/aromatic N) is 2. The van der Waals surface area contributed by atoms with E-state index in [1.54, 1.807) is 6.07 Å². The van der Waals surface area contributed by atoms with Crippen LogP contribution in [0.2, 0.25) is 0 Å². The predicted molar refractivity (Wildman–Crippen MR) is 109 cm³/mol. The van der Waals surface area contributed by atoms with Crippen molar-refractivity contribution in [2.75, 3.05) is 5.32 Å². The molecule has 1 amide bonds. The number of aryl methyl sites for hydroxylation is 1. The Labute approximate surface area is 166 Å². The highest BCUT2D eigenvalue weighted by molar-refractivity contribution is 5.96. The molecule has 6 nitrogen and oxygen atoms in total. The van der Waals surface area contributed by atoms with Crippen molar-refractivity contribution in [3.63, 3.8) is 0 Å². The molecule has 29 heavy (non-hydrogen) atoms. The van der Waals surface area contributed by atoms with Crippen molar-refractivity contribution in [2.45, 2.75) is 32.1 Å². The number of halogens is 1. The molecule has 1 aliphatic carbocycles. The van der Waals surface area contributed by atoms with Gasteiger partial charge in [-0.2, -0.15) is 5.10 Å². The summed E-state index contributed by atoms with van der Waals surface area (Å²) in [4.78, 5) is 20.3. The number of amides is 1. The van der Waals surface area contributed by atoms with Crippen molar-refractivity contribution in [1.29, 1.82) is 0 Å². The second-order valence-corrected chi connectivity index (χ2v) is 7.54. The van der Waals surface area contributed by atoms with Crippen molar-refractivity contribution >= 4 is 22.5 Å². The highest BCUT2D eigenvalue weighted by atomic mass is 19.1. The Bertz CT molecular complexity index is 1200. The van der Waals surface area contributed by atoms with E-state index in [0.29, 0.717) is 17.4 Å². The van der Waals surface area contributed by atoms with Crippen LogP contribution in [0.5, 0.6) is 0 Å². The Kier molecular flexibility index (Phi) is 4.16. The van der Waals surface area contributed by atoms with E-state index in [1.807, 2.05) is 31.2 Å². The quantitative estimate of drug-likeness (QED) is 0.471. The number of carbonyl (C=O) groups is 1. The lowest BCUT2D eigenvalue weighted by molar-refractivity contribution is -0.115. The van der Waals surface area contributed by atoms with Gasteiger partial charge in [0.25, 0.3) is 0 Å². The number of hydrogen-bond donors (Lipinski definition) is 3. The Balaban J connectivity index is 1.29. The second kappa shape index (κ2) is 6.84. The van der Waals surface area contributed by atoms with Crippen LogP contribution in [0.3, 0.4) is 0 Å². The minimum Gasteiger partial charge on any atom is -0.358 e. The average molecular weight is 389 g/mol. The summed E-state index contributed by atoms with van der Waals surface area (Å²) >= 11 is 0. The number of nitrogens with one attached hydrogen (secondary N) is 3. The van der Waals surface area contributed by atoms with Gasteiger partial charge in [0.1, 0.15) is 11.6 Å². The number of H-pyrrole nitrogens is 2. The maximum absolute atomic E-state index is 13.6. The maximum Gasteiger partial charge on any atom is 0.228 e. The highest BCUT2D eigenvalue weighted by Crippen LogP contribution is 2.38. The summed E-state index contributed by atoms with van der Waals surface area (Å²) < 4.78 is 13.6. The molecule has 2 aromatic heterocycles. The van der Waals surface area contributed by atoms with Crippen LogP contribution < -0.4 is 5.32 Å². The van der Waals surface area contributed by atoms with E-state index >= 15 is 0 Å². The predicted octanol–water partition coefficient (Wildman–Crippen LogP) is 4.46. The van der Waals surface area contributed by atoms with Gasteiger partial charge in [-0.1, -0.05) is 0 Å². The van der Waals surface area contributed by atoms with Gasteiger partial charge in [0, 0.05) is 33.8 Å². The molecule has 1 saturated carbocycles. The molecule has 146 valence electrons. The summed E-state index contributed by atoms with van der Waals surface area (Å²) in [5, 5.41) is 10.9. The van der Waals surface area contributed by atoms with Gasteiger partial charge in [0.05, 0.1) is 6.42 Å². The number of aromatic amines is 2. The van der Waals surface area contributed by atoms with Crippen LogP contribution in [0, 0.1) is 12.7 Å². The molecule has 0 atom stereocenters. The van der Waals surface area contributed by atoms with Gasteiger partial charge in [0.15, 0.2) is 5.82 Å². The molecular formula is C22H20FN5O. The zero-order valence-electron chi connectivity index (χ0n) is 15.9. The van der Waals surface area contributed by atoms with Crippen molar-refractivity contribution < 1.29 is 9.18 Å². The minimum absolute atomic E-state index is 0.153. The molecule has 2 heterocycles. The Morgan fingerprint density at radius 3 is 2.76 bits per heavy atom. The number of carbonyl (C=O) groups excluding carboxylic acids is 1. The second-order valence-electron chi connectivity index (χ2n) is 7.54. The lowest BCUT2D eigenvalue weighted by Crippen LogP contribution is -2.14. The van der Waals surface area contributed by atoms with Crippen LogP contribution >= 0.6 is 0 Å². The Hall–Kier alpha value is -3.48. The smallest absolute Gasteiger partial charge is 0.228 e. The fourth-order valence-corrected chi connectivity index (χ4v) is 3.59. The van der Waals surface area contributed by atoms with E-state index < -0.39 is 0 Å². The Morgan fingerprint density at radius 1 is 1.21 bits per heavy atom. The molecule has 1 aliphatic rings. The van der Waals surface area contributed by atoms with Crippen molar-refractivity contribution in [2.24, 2.45) is 0 Å². The molecule has 0 saturated heterocycles. The first-order valence-electron chi connectivity index (χ1n) is 9.66. The molecule has 0 aliphatic heterocycles. The van der Waals surface area contributed by atoms with Gasteiger partial charge < -0.3 is 10.3 Å². The van der Waals surface area contributed by atoms with E-state index in [-0.39, 0.29) is 18.1 Å². The van der Waals surface area contributed by atoms with Gasteiger partial charge in [0.2, 0.25) is 5.91 Å². The normalized spacial score (nSPS) is 13.7. The van der Waals surface area contributed by atoms with E-state index in [9.17, 15) is 9.18 Å². The van der Waals surface area contributed by atoms with Crippen LogP contribution in [0.1, 0.15) is 35.8 Å². The summed E-state index contributed by atoms with van der Waals surface area (Å²) in [6.07, 6.45) is 2.51. The third kappa shape index (κ3) is 3.51. The standard InChI is InChI=1S/C22H20FN5O/c1-12-17(18-10-15(23)6-9-19(18)24-12)11-20(29)25-16-7-4-14(5-8-16)22-26-21(27-28-22)13-2-3-13/h4-10,13,24H,2-3,11H2,1H3,(H,25,29)(H,26,27,28). The molecule has 4 aromatic rings. The van der Waals surface area contributed by atoms with Crippen molar-refractivity contribution in [3.8, 4) is 11.4 Å². The molecule has 0 spiro atoms. The first-order valence-corrected chi connectivity index (χ1v) is 9.66. The molecule has 7 heteroatoms. The molecule has 3 N–H and O–H groups in total. The molecular weight excluding hydrogens is 369 g/mol. The number of anilines is 1. The lowest BCUT2D eigenvalue weighted by Gasteiger charge is -2.06. The number of fused-ring (bicyclic) bond motifs is 1. The summed E-state index contributed by atoms with van der Waals surface area (Å²) in [6.45, 7) is 1.89. The molecule has 0 bridgehead atoms. The number of aromatic nitrogens is 4. The maximum atomic E-state index is 13.6.